The van der Waals surface area contributed by atoms with Crippen molar-refractivity contribution in [1.29, 1.82) is 0 Å². The number of rotatable bonds is 6. The van der Waals surface area contributed by atoms with E-state index in [9.17, 15) is 19.4 Å². The molecule has 22 heavy (non-hydrogen) atoms. The van der Waals surface area contributed by atoms with E-state index in [0.717, 1.165) is 5.56 Å². The molecule has 1 heterocycles. The summed E-state index contributed by atoms with van der Waals surface area (Å²) < 4.78 is 17.9. The van der Waals surface area contributed by atoms with Crippen molar-refractivity contribution in [2.75, 3.05) is 26.3 Å². The predicted octanol–water partition coefficient (Wildman–Crippen LogP) is -0.600. The number of hydrogen-bond acceptors (Lipinski definition) is 5. The lowest BCUT2D eigenvalue weighted by molar-refractivity contribution is -0.123. The van der Waals surface area contributed by atoms with Gasteiger partial charge in [-0.2, -0.15) is 0 Å². The summed E-state index contributed by atoms with van der Waals surface area (Å²) in [7, 11) is 0. The van der Waals surface area contributed by atoms with Crippen LogP contribution in [0.25, 0.3) is 0 Å². The van der Waals surface area contributed by atoms with E-state index in [1.54, 1.807) is 12.1 Å². The van der Waals surface area contributed by atoms with E-state index in [-0.39, 0.29) is 30.8 Å². The summed E-state index contributed by atoms with van der Waals surface area (Å²) in [5.74, 6) is -0.753. The van der Waals surface area contributed by atoms with Gasteiger partial charge in [-0.15, -0.1) is 0 Å². The number of amides is 1. The second kappa shape index (κ2) is 8.19. The van der Waals surface area contributed by atoms with E-state index in [1.165, 1.54) is 12.1 Å². The lowest BCUT2D eigenvalue weighted by Crippen LogP contribution is -2.48. The van der Waals surface area contributed by atoms with E-state index < -0.39 is 12.2 Å². The first kappa shape index (κ1) is 16.8. The first-order valence-corrected chi connectivity index (χ1v) is 7.22. The molecule has 3 atom stereocenters. The molecule has 1 saturated heterocycles. The minimum atomic E-state index is -0.882. The van der Waals surface area contributed by atoms with Crippen molar-refractivity contribution in [2.45, 2.75) is 18.8 Å². The van der Waals surface area contributed by atoms with Crippen molar-refractivity contribution in [2.24, 2.45) is 5.92 Å². The third-order valence-corrected chi connectivity index (χ3v) is 3.59. The SMILES string of the molecule is O=C(CNC[C@@H]1COC[C@@H](O)[C@H]1O)NCc1ccc(F)cc1. The van der Waals surface area contributed by atoms with Gasteiger partial charge in [0.25, 0.3) is 0 Å². The molecule has 0 unspecified atom stereocenters. The number of carbonyl (C=O) groups excluding carboxylic acids is 1. The summed E-state index contributed by atoms with van der Waals surface area (Å²) in [4.78, 5) is 11.7. The van der Waals surface area contributed by atoms with Crippen molar-refractivity contribution in [3.8, 4) is 0 Å². The third kappa shape index (κ3) is 5.03. The standard InChI is InChI=1S/C15H21FN2O4/c16-12-3-1-10(2-4-12)5-18-14(20)7-17-6-11-8-22-9-13(19)15(11)21/h1-4,11,13,15,17,19,21H,5-9H2,(H,18,20)/t11-,13-,15+/m1/s1. The molecule has 0 spiro atoms. The summed E-state index contributed by atoms with van der Waals surface area (Å²) in [6.45, 7) is 1.29. The van der Waals surface area contributed by atoms with Crippen molar-refractivity contribution in [3.63, 3.8) is 0 Å². The number of halogens is 1. The lowest BCUT2D eigenvalue weighted by atomic mass is 9.96. The van der Waals surface area contributed by atoms with Crippen molar-refractivity contribution >= 4 is 5.91 Å². The van der Waals surface area contributed by atoms with E-state index in [2.05, 4.69) is 10.6 Å². The molecule has 1 aromatic rings. The van der Waals surface area contributed by atoms with E-state index >= 15 is 0 Å². The number of carbonyl (C=O) groups is 1. The maximum absolute atomic E-state index is 12.7. The molecule has 2 rings (SSSR count). The summed E-state index contributed by atoms with van der Waals surface area (Å²) >= 11 is 0. The molecule has 6 nitrogen and oxygen atoms in total. The van der Waals surface area contributed by atoms with Crippen LogP contribution >= 0.6 is 0 Å². The zero-order valence-electron chi connectivity index (χ0n) is 12.2. The van der Waals surface area contributed by atoms with Crippen LogP contribution in [0, 0.1) is 11.7 Å². The minimum absolute atomic E-state index is 0.0977. The Labute approximate surface area is 128 Å². The Balaban J connectivity index is 1.64. The largest absolute Gasteiger partial charge is 0.390 e. The first-order chi connectivity index (χ1) is 10.6. The molecule has 122 valence electrons. The lowest BCUT2D eigenvalue weighted by Gasteiger charge is -2.31. The minimum Gasteiger partial charge on any atom is -0.390 e. The van der Waals surface area contributed by atoms with Gasteiger partial charge in [-0.3, -0.25) is 4.79 Å². The fraction of sp³-hybridized carbons (Fsp3) is 0.533. The van der Waals surface area contributed by atoms with Crippen LogP contribution in [0.4, 0.5) is 4.39 Å². The van der Waals surface area contributed by atoms with E-state index in [0.29, 0.717) is 19.7 Å². The molecule has 4 N–H and O–H groups in total. The Morgan fingerprint density at radius 1 is 1.27 bits per heavy atom. The van der Waals surface area contributed by atoms with Crippen LogP contribution in [0.1, 0.15) is 5.56 Å². The van der Waals surface area contributed by atoms with Crippen LogP contribution in [-0.2, 0) is 16.1 Å². The molecule has 1 aliphatic rings. The van der Waals surface area contributed by atoms with Gasteiger partial charge < -0.3 is 25.6 Å². The summed E-state index contributed by atoms with van der Waals surface area (Å²) in [6, 6.07) is 5.91. The normalized spacial score (nSPS) is 25.0. The van der Waals surface area contributed by atoms with Crippen LogP contribution in [-0.4, -0.2) is 54.6 Å². The molecule has 0 saturated carbocycles. The molecule has 0 bridgehead atoms. The van der Waals surface area contributed by atoms with Gasteiger partial charge in [-0.05, 0) is 17.7 Å². The van der Waals surface area contributed by atoms with Crippen LogP contribution in [0.5, 0.6) is 0 Å². The summed E-state index contributed by atoms with van der Waals surface area (Å²) in [5, 5.41) is 24.9. The topological polar surface area (TPSA) is 90.8 Å². The Kier molecular flexibility index (Phi) is 6.26. The fourth-order valence-electron chi connectivity index (χ4n) is 2.27. The molecule has 1 aliphatic heterocycles. The highest BCUT2D eigenvalue weighted by Crippen LogP contribution is 2.14. The van der Waals surface area contributed by atoms with Crippen molar-refractivity contribution in [3.05, 3.63) is 35.6 Å². The molecule has 1 fully saturated rings. The molecule has 1 amide bonds. The van der Waals surface area contributed by atoms with Gasteiger partial charge in [-0.25, -0.2) is 4.39 Å². The average Bonchev–Trinajstić information content (AvgIpc) is 2.51. The zero-order chi connectivity index (χ0) is 15.9. The van der Waals surface area contributed by atoms with Gasteiger partial charge in [0.1, 0.15) is 11.9 Å². The monoisotopic (exact) mass is 312 g/mol. The van der Waals surface area contributed by atoms with Gasteiger partial charge >= 0.3 is 0 Å². The van der Waals surface area contributed by atoms with Crippen LogP contribution < -0.4 is 10.6 Å². The smallest absolute Gasteiger partial charge is 0.234 e. The quantitative estimate of drug-likeness (QED) is 0.563. The summed E-state index contributed by atoms with van der Waals surface area (Å²) in [6.07, 6.45) is -1.73. The van der Waals surface area contributed by atoms with Gasteiger partial charge in [-0.1, -0.05) is 12.1 Å². The van der Waals surface area contributed by atoms with Gasteiger partial charge in [0, 0.05) is 19.0 Å². The fourth-order valence-corrected chi connectivity index (χ4v) is 2.27. The Morgan fingerprint density at radius 3 is 2.73 bits per heavy atom. The predicted molar refractivity (Wildman–Crippen MR) is 77.4 cm³/mol. The highest BCUT2D eigenvalue weighted by atomic mass is 19.1. The number of benzene rings is 1. The average molecular weight is 312 g/mol. The van der Waals surface area contributed by atoms with E-state index in [1.807, 2.05) is 0 Å². The zero-order valence-corrected chi connectivity index (χ0v) is 12.2. The van der Waals surface area contributed by atoms with Crippen LogP contribution in [0.3, 0.4) is 0 Å². The van der Waals surface area contributed by atoms with Crippen molar-refractivity contribution in [1.82, 2.24) is 10.6 Å². The third-order valence-electron chi connectivity index (χ3n) is 3.59. The summed E-state index contributed by atoms with van der Waals surface area (Å²) in [5.41, 5.74) is 0.814. The number of aliphatic hydroxyl groups is 2. The van der Waals surface area contributed by atoms with Crippen LogP contribution in [0.15, 0.2) is 24.3 Å². The second-order valence-corrected chi connectivity index (χ2v) is 5.39. The molecular formula is C15H21FN2O4. The Morgan fingerprint density at radius 2 is 2.00 bits per heavy atom. The second-order valence-electron chi connectivity index (χ2n) is 5.39. The number of ether oxygens (including phenoxy) is 1. The molecule has 0 aliphatic carbocycles. The highest BCUT2D eigenvalue weighted by Gasteiger charge is 2.30. The first-order valence-electron chi connectivity index (χ1n) is 7.22. The van der Waals surface area contributed by atoms with Gasteiger partial charge in [0.2, 0.25) is 5.91 Å². The maximum atomic E-state index is 12.7. The number of nitrogens with one attached hydrogen (secondary N) is 2. The molecule has 0 aromatic heterocycles. The molecular weight excluding hydrogens is 291 g/mol. The maximum Gasteiger partial charge on any atom is 0.234 e. The number of aliphatic hydroxyl groups excluding tert-OH is 2. The molecule has 7 heteroatoms. The van der Waals surface area contributed by atoms with Crippen molar-refractivity contribution < 1.29 is 24.1 Å². The molecule has 1 aromatic carbocycles. The van der Waals surface area contributed by atoms with Gasteiger partial charge in [0.05, 0.1) is 25.9 Å². The Hall–Kier alpha value is -1.54. The molecule has 0 radical (unpaired) electrons. The van der Waals surface area contributed by atoms with E-state index in [4.69, 9.17) is 4.74 Å². The Bertz CT molecular complexity index is 483. The van der Waals surface area contributed by atoms with Crippen LogP contribution in [0.2, 0.25) is 0 Å². The van der Waals surface area contributed by atoms with Gasteiger partial charge in [0.15, 0.2) is 0 Å². The highest BCUT2D eigenvalue weighted by molar-refractivity contribution is 5.77. The number of hydrogen-bond donors (Lipinski definition) is 4.